The fourth-order valence-electron chi connectivity index (χ4n) is 2.49. The molecular formula is C13H21N3. The summed E-state index contributed by atoms with van der Waals surface area (Å²) < 4.78 is 0. The zero-order chi connectivity index (χ0) is 11.6. The summed E-state index contributed by atoms with van der Waals surface area (Å²) in [5.74, 6) is 0. The van der Waals surface area contributed by atoms with Gasteiger partial charge < -0.3 is 11.1 Å². The maximum atomic E-state index is 5.90. The smallest absolute Gasteiger partial charge is 0.0736 e. The highest BCUT2D eigenvalue weighted by molar-refractivity contribution is 5.64. The minimum Gasteiger partial charge on any atom is -0.396 e. The quantitative estimate of drug-likeness (QED) is 0.803. The molecule has 16 heavy (non-hydrogen) atoms. The van der Waals surface area contributed by atoms with Crippen molar-refractivity contribution < 1.29 is 0 Å². The van der Waals surface area contributed by atoms with E-state index in [1.165, 1.54) is 25.7 Å². The molecule has 2 rings (SSSR count). The Morgan fingerprint density at radius 2 is 2.25 bits per heavy atom. The number of aromatic nitrogens is 1. The van der Waals surface area contributed by atoms with Crippen LogP contribution in [0.4, 0.5) is 11.4 Å². The number of nitrogens with two attached hydrogens (primary N) is 1. The highest BCUT2D eigenvalue weighted by Crippen LogP contribution is 2.37. The van der Waals surface area contributed by atoms with E-state index in [9.17, 15) is 0 Å². The third-order valence-electron chi connectivity index (χ3n) is 3.69. The molecule has 0 spiro atoms. The zero-order valence-electron chi connectivity index (χ0n) is 10.2. The van der Waals surface area contributed by atoms with Gasteiger partial charge in [-0.2, -0.15) is 0 Å². The first-order valence-electron chi connectivity index (χ1n) is 6.05. The second-order valence-electron chi connectivity index (χ2n) is 5.39. The van der Waals surface area contributed by atoms with E-state index in [0.717, 1.165) is 11.4 Å². The molecule has 3 nitrogen and oxygen atoms in total. The first-order chi connectivity index (χ1) is 7.59. The van der Waals surface area contributed by atoms with Crippen molar-refractivity contribution in [3.63, 3.8) is 0 Å². The topological polar surface area (TPSA) is 50.9 Å². The number of anilines is 2. The van der Waals surface area contributed by atoms with Crippen LogP contribution in [0.15, 0.2) is 18.5 Å². The summed E-state index contributed by atoms with van der Waals surface area (Å²) >= 11 is 0. The Hall–Kier alpha value is -1.25. The Kier molecular flexibility index (Phi) is 3.03. The van der Waals surface area contributed by atoms with Crippen LogP contribution in [0.25, 0.3) is 0 Å². The van der Waals surface area contributed by atoms with Crippen LogP contribution in [0, 0.1) is 5.41 Å². The monoisotopic (exact) mass is 219 g/mol. The number of nitrogens with zero attached hydrogens (tertiary/aromatic N) is 1. The van der Waals surface area contributed by atoms with Gasteiger partial charge in [-0.25, -0.2) is 0 Å². The van der Waals surface area contributed by atoms with Gasteiger partial charge in [-0.1, -0.05) is 26.7 Å². The fourth-order valence-corrected chi connectivity index (χ4v) is 2.49. The molecule has 0 bridgehead atoms. The predicted octanol–water partition coefficient (Wildman–Crippen LogP) is 3.04. The summed E-state index contributed by atoms with van der Waals surface area (Å²) in [6, 6.07) is 2.48. The molecule has 1 atom stereocenters. The first kappa shape index (κ1) is 11.2. The van der Waals surface area contributed by atoms with Crippen LogP contribution in [-0.2, 0) is 0 Å². The van der Waals surface area contributed by atoms with Crippen molar-refractivity contribution in [3.8, 4) is 0 Å². The van der Waals surface area contributed by atoms with Crippen LogP contribution in [0.5, 0.6) is 0 Å². The summed E-state index contributed by atoms with van der Waals surface area (Å²) in [6.45, 7) is 4.67. The summed E-state index contributed by atoms with van der Waals surface area (Å²) in [6.07, 6.45) is 8.67. The Balaban J connectivity index is 2.12. The van der Waals surface area contributed by atoms with Crippen LogP contribution in [0.2, 0.25) is 0 Å². The SMILES string of the molecule is CC1(C)CCCCC1Nc1ccncc1N. The lowest BCUT2D eigenvalue weighted by Gasteiger charge is -2.39. The second kappa shape index (κ2) is 4.32. The van der Waals surface area contributed by atoms with Crippen LogP contribution in [0.1, 0.15) is 39.5 Å². The summed E-state index contributed by atoms with van der Waals surface area (Å²) in [5, 5.41) is 3.57. The van der Waals surface area contributed by atoms with E-state index in [4.69, 9.17) is 5.73 Å². The molecule has 3 N–H and O–H groups in total. The summed E-state index contributed by atoms with van der Waals surface area (Å²) in [5.41, 5.74) is 8.02. The van der Waals surface area contributed by atoms with Crippen molar-refractivity contribution in [1.82, 2.24) is 4.98 Å². The number of rotatable bonds is 2. The lowest BCUT2D eigenvalue weighted by molar-refractivity contribution is 0.217. The molecule has 3 heteroatoms. The Morgan fingerprint density at radius 3 is 2.94 bits per heavy atom. The number of hydrogen-bond donors (Lipinski definition) is 2. The molecule has 1 aliphatic rings. The maximum Gasteiger partial charge on any atom is 0.0736 e. The van der Waals surface area contributed by atoms with E-state index in [1.54, 1.807) is 12.4 Å². The van der Waals surface area contributed by atoms with Crippen molar-refractivity contribution >= 4 is 11.4 Å². The Labute approximate surface area is 97.5 Å². The van der Waals surface area contributed by atoms with Gasteiger partial charge >= 0.3 is 0 Å². The molecule has 0 aromatic carbocycles. The zero-order valence-corrected chi connectivity index (χ0v) is 10.2. The predicted molar refractivity (Wildman–Crippen MR) is 68.3 cm³/mol. The van der Waals surface area contributed by atoms with Gasteiger partial charge in [0.15, 0.2) is 0 Å². The molecule has 1 fully saturated rings. The van der Waals surface area contributed by atoms with Gasteiger partial charge in [-0.05, 0) is 24.3 Å². The molecule has 1 saturated carbocycles. The molecule has 0 aliphatic heterocycles. The van der Waals surface area contributed by atoms with Crippen LogP contribution < -0.4 is 11.1 Å². The first-order valence-corrected chi connectivity index (χ1v) is 6.05. The van der Waals surface area contributed by atoms with Crippen LogP contribution in [-0.4, -0.2) is 11.0 Å². The van der Waals surface area contributed by atoms with Gasteiger partial charge in [0.25, 0.3) is 0 Å². The molecule has 88 valence electrons. The van der Waals surface area contributed by atoms with Gasteiger partial charge in [0.1, 0.15) is 0 Å². The number of hydrogen-bond acceptors (Lipinski definition) is 3. The van der Waals surface area contributed by atoms with E-state index in [1.807, 2.05) is 6.07 Å². The van der Waals surface area contributed by atoms with E-state index in [-0.39, 0.29) is 0 Å². The molecule has 1 aliphatic carbocycles. The van der Waals surface area contributed by atoms with E-state index in [0.29, 0.717) is 11.5 Å². The lowest BCUT2D eigenvalue weighted by atomic mass is 9.73. The average Bonchev–Trinajstić information content (AvgIpc) is 2.24. The largest absolute Gasteiger partial charge is 0.396 e. The van der Waals surface area contributed by atoms with E-state index >= 15 is 0 Å². The molecular weight excluding hydrogens is 198 g/mol. The molecule has 1 aromatic rings. The van der Waals surface area contributed by atoms with Crippen LogP contribution in [0.3, 0.4) is 0 Å². The Morgan fingerprint density at radius 1 is 1.44 bits per heavy atom. The number of nitrogen functional groups attached to an aromatic ring is 1. The average molecular weight is 219 g/mol. The molecule has 0 radical (unpaired) electrons. The van der Waals surface area contributed by atoms with Gasteiger partial charge in [-0.15, -0.1) is 0 Å². The van der Waals surface area contributed by atoms with Gasteiger partial charge in [0.05, 0.1) is 17.6 Å². The Bertz CT molecular complexity index is 360. The molecule has 1 aromatic heterocycles. The number of nitrogens with one attached hydrogen (secondary N) is 1. The lowest BCUT2D eigenvalue weighted by Crippen LogP contribution is -2.39. The van der Waals surface area contributed by atoms with Crippen molar-refractivity contribution in [2.24, 2.45) is 5.41 Å². The standard InChI is InChI=1S/C13H21N3/c1-13(2)7-4-3-5-12(13)16-11-6-8-15-9-10(11)14/h6,8-9,12H,3-5,7,14H2,1-2H3,(H,15,16). The summed E-state index contributed by atoms with van der Waals surface area (Å²) in [7, 11) is 0. The van der Waals surface area contributed by atoms with Gasteiger partial charge in [0, 0.05) is 12.2 Å². The van der Waals surface area contributed by atoms with E-state index < -0.39 is 0 Å². The minimum absolute atomic E-state index is 0.355. The van der Waals surface area contributed by atoms with Crippen molar-refractivity contribution in [2.75, 3.05) is 11.1 Å². The van der Waals surface area contributed by atoms with Crippen LogP contribution >= 0.6 is 0 Å². The van der Waals surface area contributed by atoms with Gasteiger partial charge in [0.2, 0.25) is 0 Å². The molecule has 0 saturated heterocycles. The fraction of sp³-hybridized carbons (Fsp3) is 0.615. The summed E-state index contributed by atoms with van der Waals surface area (Å²) in [4.78, 5) is 4.01. The molecule has 1 heterocycles. The van der Waals surface area contributed by atoms with Crippen molar-refractivity contribution in [2.45, 2.75) is 45.6 Å². The van der Waals surface area contributed by atoms with Crippen molar-refractivity contribution in [3.05, 3.63) is 18.5 Å². The minimum atomic E-state index is 0.355. The van der Waals surface area contributed by atoms with Crippen molar-refractivity contribution in [1.29, 1.82) is 0 Å². The third kappa shape index (κ3) is 2.29. The van der Waals surface area contributed by atoms with E-state index in [2.05, 4.69) is 24.1 Å². The second-order valence-corrected chi connectivity index (χ2v) is 5.39. The molecule has 0 amide bonds. The van der Waals surface area contributed by atoms with Gasteiger partial charge in [-0.3, -0.25) is 4.98 Å². The highest BCUT2D eigenvalue weighted by atomic mass is 15.0. The number of pyridine rings is 1. The molecule has 1 unspecified atom stereocenters. The maximum absolute atomic E-state index is 5.90. The highest BCUT2D eigenvalue weighted by Gasteiger charge is 2.32. The normalized spacial score (nSPS) is 24.0. The third-order valence-corrected chi connectivity index (χ3v) is 3.69.